The predicted octanol–water partition coefficient (Wildman–Crippen LogP) is 5.18. The smallest absolute Gasteiger partial charge is 0.334 e. The third-order valence-electron chi connectivity index (χ3n) is 5.69. The monoisotopic (exact) mass is 490 g/mol. The standard InChI is InChI=1S/C25H23BF2N5O3/c1-14(29)17(10-26-2)18-8-19-15(11-31-18)13-32(25(34)33(19)16-6-5-7-30-12-16)24-22(27)20(35-3)9-21(36-4)23(24)28/h5-12,29H,13H2,1-4H3/b17-10+,29-14?. The zero-order chi connectivity index (χ0) is 26.0. The van der Waals surface area contributed by atoms with Crippen molar-refractivity contribution in [2.75, 3.05) is 24.0 Å². The highest BCUT2D eigenvalue weighted by molar-refractivity contribution is 6.45. The van der Waals surface area contributed by atoms with Crippen LogP contribution in [0.2, 0.25) is 6.82 Å². The van der Waals surface area contributed by atoms with Crippen LogP contribution in [0.4, 0.5) is 30.6 Å². The molecule has 183 valence electrons. The Morgan fingerprint density at radius 2 is 1.86 bits per heavy atom. The lowest BCUT2D eigenvalue weighted by molar-refractivity contribution is 0.251. The summed E-state index contributed by atoms with van der Waals surface area (Å²) in [5.74, 6) is -0.848. The van der Waals surface area contributed by atoms with Gasteiger partial charge in [0.15, 0.2) is 23.1 Å². The van der Waals surface area contributed by atoms with E-state index < -0.39 is 23.4 Å². The fourth-order valence-corrected chi connectivity index (χ4v) is 4.00. The second-order valence-electron chi connectivity index (χ2n) is 7.91. The van der Waals surface area contributed by atoms with E-state index in [1.165, 1.54) is 31.5 Å². The summed E-state index contributed by atoms with van der Waals surface area (Å²) in [5.41, 5.74) is 2.14. The molecule has 0 fully saturated rings. The van der Waals surface area contributed by atoms with E-state index in [4.69, 9.17) is 14.9 Å². The van der Waals surface area contributed by atoms with Gasteiger partial charge in [0, 0.05) is 35.3 Å². The number of pyridine rings is 2. The third kappa shape index (κ3) is 4.28. The number of urea groups is 1. The van der Waals surface area contributed by atoms with Crippen LogP contribution in [0.3, 0.4) is 0 Å². The number of hydrogen-bond acceptors (Lipinski definition) is 6. The van der Waals surface area contributed by atoms with Crippen molar-refractivity contribution in [3.8, 4) is 11.5 Å². The Hall–Kier alpha value is -4.28. The molecule has 1 aliphatic heterocycles. The van der Waals surface area contributed by atoms with Gasteiger partial charge in [-0.2, -0.15) is 0 Å². The molecule has 3 aromatic rings. The van der Waals surface area contributed by atoms with Gasteiger partial charge in [0.2, 0.25) is 0 Å². The molecule has 3 heterocycles. The topological polar surface area (TPSA) is 91.6 Å². The molecule has 36 heavy (non-hydrogen) atoms. The summed E-state index contributed by atoms with van der Waals surface area (Å²) in [6.45, 7) is 3.31. The van der Waals surface area contributed by atoms with Crippen molar-refractivity contribution in [2.24, 2.45) is 0 Å². The Morgan fingerprint density at radius 1 is 1.17 bits per heavy atom. The zero-order valence-corrected chi connectivity index (χ0v) is 20.2. The summed E-state index contributed by atoms with van der Waals surface area (Å²) in [5, 5.41) is 8.12. The molecule has 0 aliphatic carbocycles. The van der Waals surface area contributed by atoms with Crippen molar-refractivity contribution in [1.29, 1.82) is 5.41 Å². The van der Waals surface area contributed by atoms with E-state index in [-0.39, 0.29) is 18.0 Å². The summed E-state index contributed by atoms with van der Waals surface area (Å²) in [6.07, 6.45) is 4.56. The van der Waals surface area contributed by atoms with E-state index in [0.717, 1.165) is 11.0 Å². The molecule has 0 bridgehead atoms. The maximum absolute atomic E-state index is 15.4. The molecule has 1 radical (unpaired) electrons. The molecule has 4 rings (SSSR count). The second-order valence-corrected chi connectivity index (χ2v) is 7.91. The van der Waals surface area contributed by atoms with Gasteiger partial charge >= 0.3 is 6.03 Å². The first-order valence-corrected chi connectivity index (χ1v) is 11.0. The number of carbonyl (C=O) groups excluding carboxylic acids is 1. The van der Waals surface area contributed by atoms with Gasteiger partial charge in [-0.3, -0.25) is 19.8 Å². The van der Waals surface area contributed by atoms with Crippen molar-refractivity contribution in [3.63, 3.8) is 0 Å². The number of nitrogens with one attached hydrogen (secondary N) is 1. The number of amides is 2. The number of nitrogens with zero attached hydrogens (tertiary/aromatic N) is 4. The van der Waals surface area contributed by atoms with Crippen molar-refractivity contribution in [2.45, 2.75) is 20.3 Å². The molecule has 2 amide bonds. The first-order chi connectivity index (χ1) is 17.3. The molecule has 0 atom stereocenters. The highest BCUT2D eigenvalue weighted by atomic mass is 19.1. The first kappa shape index (κ1) is 24.8. The predicted molar refractivity (Wildman–Crippen MR) is 135 cm³/mol. The quantitative estimate of drug-likeness (QED) is 0.364. The molecule has 8 nitrogen and oxygen atoms in total. The second kappa shape index (κ2) is 10.1. The van der Waals surface area contributed by atoms with Crippen molar-refractivity contribution in [1.82, 2.24) is 9.97 Å². The highest BCUT2D eigenvalue weighted by Crippen LogP contribution is 2.42. The molecule has 0 spiro atoms. The Labute approximate surface area is 207 Å². The summed E-state index contributed by atoms with van der Waals surface area (Å²) >= 11 is 0. The van der Waals surface area contributed by atoms with E-state index in [9.17, 15) is 4.79 Å². The number of rotatable bonds is 7. The van der Waals surface area contributed by atoms with Gasteiger partial charge in [0.1, 0.15) is 13.0 Å². The first-order valence-electron chi connectivity index (χ1n) is 11.0. The lowest BCUT2D eigenvalue weighted by Gasteiger charge is -2.37. The number of allylic oxidation sites excluding steroid dienone is 1. The van der Waals surface area contributed by atoms with Crippen molar-refractivity contribution in [3.05, 3.63) is 71.7 Å². The van der Waals surface area contributed by atoms with Gasteiger partial charge < -0.3 is 14.9 Å². The van der Waals surface area contributed by atoms with E-state index in [1.54, 1.807) is 44.6 Å². The van der Waals surface area contributed by atoms with Gasteiger partial charge in [0.25, 0.3) is 0 Å². The van der Waals surface area contributed by atoms with E-state index in [0.29, 0.717) is 33.9 Å². The SMILES string of the molecule is C[B]/C=C(\C(C)=N)c1cc2c(cn1)CN(c1c(F)c(OC)cc(OC)c1F)C(=O)N2c1cccnc1. The number of hydrogen-bond donors (Lipinski definition) is 1. The zero-order valence-electron chi connectivity index (χ0n) is 20.2. The van der Waals surface area contributed by atoms with Crippen LogP contribution in [-0.2, 0) is 6.54 Å². The molecule has 2 aromatic heterocycles. The number of aromatic nitrogens is 2. The number of ether oxygens (including phenoxy) is 2. The molecule has 0 unspecified atom stereocenters. The Balaban J connectivity index is 1.94. The van der Waals surface area contributed by atoms with Gasteiger partial charge in [0.05, 0.1) is 44.0 Å². The normalized spacial score (nSPS) is 13.4. The molecule has 0 saturated heterocycles. The van der Waals surface area contributed by atoms with Crippen LogP contribution in [0.25, 0.3) is 5.57 Å². The van der Waals surface area contributed by atoms with E-state index >= 15 is 8.78 Å². The molecule has 1 aromatic carbocycles. The molecule has 1 aliphatic rings. The molecular weight excluding hydrogens is 467 g/mol. The fraction of sp³-hybridized carbons (Fsp3) is 0.200. The lowest BCUT2D eigenvalue weighted by Crippen LogP contribution is -2.46. The van der Waals surface area contributed by atoms with Gasteiger partial charge in [-0.1, -0.05) is 6.82 Å². The number of carbonyl (C=O) groups is 1. The molecule has 11 heteroatoms. The average molecular weight is 490 g/mol. The Bertz CT molecular complexity index is 1340. The number of halogens is 2. The summed E-state index contributed by atoms with van der Waals surface area (Å²) < 4.78 is 40.8. The third-order valence-corrected chi connectivity index (χ3v) is 5.69. The van der Waals surface area contributed by atoms with E-state index in [2.05, 4.69) is 9.97 Å². The van der Waals surface area contributed by atoms with E-state index in [1.807, 2.05) is 6.82 Å². The maximum Gasteiger partial charge on any atom is 0.334 e. The van der Waals surface area contributed by atoms with Crippen LogP contribution in [0, 0.1) is 17.0 Å². The van der Waals surface area contributed by atoms with Gasteiger partial charge in [-0.05, 0) is 25.1 Å². The summed E-state index contributed by atoms with van der Waals surface area (Å²) in [6, 6.07) is 5.37. The summed E-state index contributed by atoms with van der Waals surface area (Å²) in [7, 11) is 4.27. The van der Waals surface area contributed by atoms with Crippen molar-refractivity contribution >= 4 is 41.7 Å². The summed E-state index contributed by atoms with van der Waals surface area (Å²) in [4.78, 5) is 24.7. The van der Waals surface area contributed by atoms with Crippen LogP contribution in [0.15, 0.2) is 48.8 Å². The van der Waals surface area contributed by atoms with Crippen LogP contribution in [0.1, 0.15) is 18.2 Å². The fourth-order valence-electron chi connectivity index (χ4n) is 4.00. The minimum atomic E-state index is -1.04. The van der Waals surface area contributed by atoms with Crippen LogP contribution >= 0.6 is 0 Å². The average Bonchev–Trinajstić information content (AvgIpc) is 2.88. The van der Waals surface area contributed by atoms with Crippen molar-refractivity contribution < 1.29 is 23.0 Å². The Kier molecular flexibility index (Phi) is 7.00. The number of benzene rings is 1. The number of methoxy groups -OCH3 is 2. The van der Waals surface area contributed by atoms with Gasteiger partial charge in [-0.25, -0.2) is 13.6 Å². The minimum Gasteiger partial charge on any atom is -0.493 e. The van der Waals surface area contributed by atoms with Crippen LogP contribution in [0.5, 0.6) is 11.5 Å². The molecule has 0 saturated carbocycles. The molecular formula is C25H23BF2N5O3. The number of fused-ring (bicyclic) bond motifs is 1. The minimum absolute atomic E-state index is 0.162. The lowest BCUT2D eigenvalue weighted by atomic mass is 9.79. The van der Waals surface area contributed by atoms with Gasteiger partial charge in [-0.15, -0.1) is 5.98 Å². The largest absolute Gasteiger partial charge is 0.493 e. The van der Waals surface area contributed by atoms with Crippen LogP contribution in [-0.4, -0.2) is 43.2 Å². The van der Waals surface area contributed by atoms with Crippen LogP contribution < -0.4 is 19.3 Å². The number of anilines is 3. The Morgan fingerprint density at radius 3 is 2.42 bits per heavy atom. The maximum atomic E-state index is 15.4. The molecule has 1 N–H and O–H groups in total. The highest BCUT2D eigenvalue weighted by Gasteiger charge is 2.37.